The molecule has 2 amide bonds. The molecule has 1 atom stereocenters. The van der Waals surface area contributed by atoms with Gasteiger partial charge in [-0.3, -0.25) is 10.1 Å². The normalized spacial score (nSPS) is 24.8. The lowest BCUT2D eigenvalue weighted by Gasteiger charge is -2.41. The lowest BCUT2D eigenvalue weighted by atomic mass is 9.78. The third-order valence-corrected chi connectivity index (χ3v) is 6.74. The summed E-state index contributed by atoms with van der Waals surface area (Å²) in [5, 5.41) is 3.09. The van der Waals surface area contributed by atoms with E-state index in [9.17, 15) is 9.59 Å². The Morgan fingerprint density at radius 1 is 1.32 bits per heavy atom. The summed E-state index contributed by atoms with van der Waals surface area (Å²) in [6.45, 7) is 7.29. The molecule has 3 aliphatic heterocycles. The Hall–Kier alpha value is -2.06. The minimum atomic E-state index is -0.540. The van der Waals surface area contributed by atoms with E-state index in [1.54, 1.807) is 26.1 Å². The summed E-state index contributed by atoms with van der Waals surface area (Å²) < 4.78 is 10.6. The highest BCUT2D eigenvalue weighted by atomic mass is 35.5. The number of nitrogens with zero attached hydrogens (tertiary/aromatic N) is 3. The molecule has 1 N–H and O–H groups in total. The number of carbonyl (C=O) groups excluding carboxylic acids is 2. The first-order valence-corrected chi connectivity index (χ1v) is 11.5. The quantitative estimate of drug-likeness (QED) is 0.753. The van der Waals surface area contributed by atoms with Crippen LogP contribution in [0, 0.1) is 5.41 Å². The first kappa shape index (κ1) is 22.1. The zero-order valence-electron chi connectivity index (χ0n) is 18.2. The molecule has 31 heavy (non-hydrogen) atoms. The van der Waals surface area contributed by atoms with Crippen LogP contribution in [0.25, 0.3) is 0 Å². The van der Waals surface area contributed by atoms with Crippen LogP contribution in [0.15, 0.2) is 12.3 Å². The maximum absolute atomic E-state index is 13.5. The second-order valence-corrected chi connectivity index (χ2v) is 9.41. The average Bonchev–Trinajstić information content (AvgIpc) is 3.03. The molecule has 1 spiro atoms. The van der Waals surface area contributed by atoms with E-state index < -0.39 is 6.09 Å². The molecule has 4 heterocycles. The standard InChI is InChI=1S/C22H31ClN4O4/c1-15(2)31-21(29)25-16-12-18(23)19(24-13-16)26-8-3-6-22(14-26)7-9-27(20(22)28)17-4-10-30-11-5-17/h12-13,15,17H,3-11,14H2,1-2H3,(H,25,29)/t22-/m1/s1. The Balaban J connectivity index is 1.45. The Labute approximate surface area is 188 Å². The average molecular weight is 451 g/mol. The topological polar surface area (TPSA) is 84.0 Å². The van der Waals surface area contributed by atoms with Gasteiger partial charge in [-0.2, -0.15) is 0 Å². The zero-order chi connectivity index (χ0) is 22.0. The molecule has 3 aliphatic rings. The van der Waals surface area contributed by atoms with Crippen LogP contribution in [0.3, 0.4) is 0 Å². The van der Waals surface area contributed by atoms with Crippen molar-refractivity contribution in [3.63, 3.8) is 0 Å². The van der Waals surface area contributed by atoms with Gasteiger partial charge in [-0.1, -0.05) is 11.6 Å². The summed E-state index contributed by atoms with van der Waals surface area (Å²) in [6, 6.07) is 1.98. The van der Waals surface area contributed by atoms with Crippen molar-refractivity contribution < 1.29 is 19.1 Å². The summed E-state index contributed by atoms with van der Waals surface area (Å²) in [4.78, 5) is 34.0. The third kappa shape index (κ3) is 4.75. The summed E-state index contributed by atoms with van der Waals surface area (Å²) in [7, 11) is 0. The molecule has 0 bridgehead atoms. The number of amides is 2. The third-order valence-electron chi connectivity index (χ3n) is 6.46. The van der Waals surface area contributed by atoms with Crippen molar-refractivity contribution >= 4 is 35.1 Å². The number of rotatable bonds is 4. The van der Waals surface area contributed by atoms with Gasteiger partial charge in [-0.15, -0.1) is 0 Å². The van der Waals surface area contributed by atoms with E-state index in [4.69, 9.17) is 21.1 Å². The van der Waals surface area contributed by atoms with E-state index in [1.807, 2.05) is 0 Å². The first-order valence-electron chi connectivity index (χ1n) is 11.1. The first-order chi connectivity index (χ1) is 14.9. The number of hydrogen-bond acceptors (Lipinski definition) is 6. The van der Waals surface area contributed by atoms with Gasteiger partial charge in [0, 0.05) is 38.9 Å². The highest BCUT2D eigenvalue weighted by Gasteiger charge is 2.50. The lowest BCUT2D eigenvalue weighted by Crippen LogP contribution is -2.50. The molecular formula is C22H31ClN4O4. The predicted octanol–water partition coefficient (Wildman–Crippen LogP) is 3.69. The fraction of sp³-hybridized carbons (Fsp3) is 0.682. The second-order valence-electron chi connectivity index (χ2n) is 9.01. The number of likely N-dealkylation sites (tertiary alicyclic amines) is 1. The number of halogens is 1. The van der Waals surface area contributed by atoms with Crippen molar-refractivity contribution in [2.75, 3.05) is 43.1 Å². The highest BCUT2D eigenvalue weighted by molar-refractivity contribution is 6.33. The second kappa shape index (κ2) is 9.20. The number of piperidine rings is 1. The minimum Gasteiger partial charge on any atom is -0.447 e. The molecular weight excluding hydrogens is 420 g/mol. The SMILES string of the molecule is CC(C)OC(=O)Nc1cnc(N2CCC[C@@]3(CCN(C4CCOCC4)C3=O)C2)c(Cl)c1. The van der Waals surface area contributed by atoms with Gasteiger partial charge in [-0.25, -0.2) is 9.78 Å². The van der Waals surface area contributed by atoms with Gasteiger partial charge >= 0.3 is 6.09 Å². The van der Waals surface area contributed by atoms with Crippen molar-refractivity contribution in [1.82, 2.24) is 9.88 Å². The Kier molecular flexibility index (Phi) is 6.57. The highest BCUT2D eigenvalue weighted by Crippen LogP contribution is 2.43. The van der Waals surface area contributed by atoms with Crippen LogP contribution in [0.5, 0.6) is 0 Å². The molecule has 1 aromatic rings. The van der Waals surface area contributed by atoms with E-state index in [0.29, 0.717) is 29.1 Å². The van der Waals surface area contributed by atoms with Crippen molar-refractivity contribution in [3.05, 3.63) is 17.3 Å². The molecule has 8 nitrogen and oxygen atoms in total. The molecule has 9 heteroatoms. The van der Waals surface area contributed by atoms with Crippen LogP contribution < -0.4 is 10.2 Å². The van der Waals surface area contributed by atoms with Crippen LogP contribution in [-0.4, -0.2) is 66.9 Å². The van der Waals surface area contributed by atoms with Gasteiger partial charge in [0.25, 0.3) is 0 Å². The van der Waals surface area contributed by atoms with Crippen molar-refractivity contribution in [2.45, 2.75) is 58.1 Å². The molecule has 4 rings (SSSR count). The summed E-state index contributed by atoms with van der Waals surface area (Å²) in [6.07, 6.45) is 5.37. The van der Waals surface area contributed by atoms with E-state index >= 15 is 0 Å². The number of carbonyl (C=O) groups is 2. The van der Waals surface area contributed by atoms with Crippen molar-refractivity contribution in [2.24, 2.45) is 5.41 Å². The van der Waals surface area contributed by atoms with Crippen LogP contribution in [0.4, 0.5) is 16.3 Å². The number of hydrogen-bond donors (Lipinski definition) is 1. The Bertz CT molecular complexity index is 830. The number of nitrogens with one attached hydrogen (secondary N) is 1. The Morgan fingerprint density at radius 2 is 2.10 bits per heavy atom. The van der Waals surface area contributed by atoms with Gasteiger partial charge in [0.2, 0.25) is 5.91 Å². The molecule has 0 saturated carbocycles. The summed E-state index contributed by atoms with van der Waals surface area (Å²) >= 11 is 6.53. The van der Waals surface area contributed by atoms with Gasteiger partial charge in [0.05, 0.1) is 28.4 Å². The molecule has 170 valence electrons. The molecule has 0 radical (unpaired) electrons. The van der Waals surface area contributed by atoms with E-state index in [-0.39, 0.29) is 17.4 Å². The maximum Gasteiger partial charge on any atom is 0.411 e. The summed E-state index contributed by atoms with van der Waals surface area (Å²) in [5.74, 6) is 0.927. The Morgan fingerprint density at radius 3 is 2.81 bits per heavy atom. The zero-order valence-corrected chi connectivity index (χ0v) is 19.0. The van der Waals surface area contributed by atoms with E-state index in [0.717, 1.165) is 58.4 Å². The van der Waals surface area contributed by atoms with Gasteiger partial charge in [0.1, 0.15) is 5.82 Å². The van der Waals surface area contributed by atoms with Gasteiger partial charge < -0.3 is 19.3 Å². The molecule has 0 unspecified atom stereocenters. The minimum absolute atomic E-state index is 0.211. The molecule has 3 fully saturated rings. The molecule has 0 aliphatic carbocycles. The van der Waals surface area contributed by atoms with Crippen molar-refractivity contribution in [1.29, 1.82) is 0 Å². The van der Waals surface area contributed by atoms with Crippen molar-refractivity contribution in [3.8, 4) is 0 Å². The largest absolute Gasteiger partial charge is 0.447 e. The molecule has 3 saturated heterocycles. The smallest absolute Gasteiger partial charge is 0.411 e. The van der Waals surface area contributed by atoms with E-state index in [1.165, 1.54) is 0 Å². The van der Waals surface area contributed by atoms with Crippen LogP contribution >= 0.6 is 11.6 Å². The fourth-order valence-corrected chi connectivity index (χ4v) is 5.26. The monoisotopic (exact) mass is 450 g/mol. The van der Waals surface area contributed by atoms with Gasteiger partial charge in [0.15, 0.2) is 0 Å². The van der Waals surface area contributed by atoms with Crippen LogP contribution in [0.1, 0.15) is 46.0 Å². The maximum atomic E-state index is 13.5. The number of aromatic nitrogens is 1. The lowest BCUT2D eigenvalue weighted by molar-refractivity contribution is -0.139. The van der Waals surface area contributed by atoms with Gasteiger partial charge in [-0.05, 0) is 52.0 Å². The number of pyridine rings is 1. The van der Waals surface area contributed by atoms with Crippen LogP contribution in [-0.2, 0) is 14.3 Å². The number of ether oxygens (including phenoxy) is 2. The summed E-state index contributed by atoms with van der Waals surface area (Å²) in [5.41, 5.74) is 0.119. The van der Waals surface area contributed by atoms with E-state index in [2.05, 4.69) is 20.1 Å². The molecule has 1 aromatic heterocycles. The molecule has 0 aromatic carbocycles. The van der Waals surface area contributed by atoms with Crippen LogP contribution in [0.2, 0.25) is 5.02 Å². The number of anilines is 2. The fourth-order valence-electron chi connectivity index (χ4n) is 4.98. The predicted molar refractivity (Wildman–Crippen MR) is 119 cm³/mol.